The first kappa shape index (κ1) is 15.2. The molecule has 0 aliphatic heterocycles. The largest absolute Gasteiger partial charge is 0.465 e. The lowest BCUT2D eigenvalue weighted by molar-refractivity contribution is 0.0602. The van der Waals surface area contributed by atoms with Gasteiger partial charge >= 0.3 is 5.97 Å². The monoisotopic (exact) mass is 356 g/mol. The lowest BCUT2D eigenvalue weighted by atomic mass is 10.1. The third-order valence-electron chi connectivity index (χ3n) is 2.73. The number of halogens is 3. The average Bonchev–Trinajstić information content (AvgIpc) is 2.43. The minimum absolute atomic E-state index is 0.112. The Morgan fingerprint density at radius 2 is 1.86 bits per heavy atom. The van der Waals surface area contributed by atoms with Crippen molar-refractivity contribution in [2.24, 2.45) is 0 Å². The zero-order valence-electron chi connectivity index (χ0n) is 10.9. The number of nitrogens with two attached hydrogens (primary N) is 1. The summed E-state index contributed by atoms with van der Waals surface area (Å²) < 4.78 is 32.4. The van der Waals surface area contributed by atoms with Crippen LogP contribution < -0.4 is 11.1 Å². The number of rotatable bonds is 3. The van der Waals surface area contributed by atoms with Crippen molar-refractivity contribution in [2.45, 2.75) is 0 Å². The maximum absolute atomic E-state index is 13.8. The van der Waals surface area contributed by atoms with Crippen LogP contribution in [0.3, 0.4) is 0 Å². The van der Waals surface area contributed by atoms with Crippen LogP contribution in [0, 0.1) is 11.6 Å². The van der Waals surface area contributed by atoms with Crippen LogP contribution in [0.1, 0.15) is 10.4 Å². The summed E-state index contributed by atoms with van der Waals surface area (Å²) in [7, 11) is 1.22. The van der Waals surface area contributed by atoms with Crippen LogP contribution in [0.15, 0.2) is 34.8 Å². The molecule has 0 spiro atoms. The lowest BCUT2D eigenvalue weighted by Gasteiger charge is -2.11. The van der Waals surface area contributed by atoms with Gasteiger partial charge in [0.1, 0.15) is 5.69 Å². The normalized spacial score (nSPS) is 10.3. The van der Waals surface area contributed by atoms with E-state index >= 15 is 0 Å². The van der Waals surface area contributed by atoms with Gasteiger partial charge in [-0.2, -0.15) is 0 Å². The van der Waals surface area contributed by atoms with Crippen molar-refractivity contribution in [2.75, 3.05) is 18.2 Å². The van der Waals surface area contributed by atoms with Gasteiger partial charge in [-0.1, -0.05) is 15.9 Å². The third-order valence-corrected chi connectivity index (χ3v) is 3.19. The maximum atomic E-state index is 13.8. The van der Waals surface area contributed by atoms with E-state index in [-0.39, 0.29) is 21.4 Å². The van der Waals surface area contributed by atoms with Crippen LogP contribution >= 0.6 is 15.9 Å². The second kappa shape index (κ2) is 6.09. The molecule has 4 nitrogen and oxygen atoms in total. The van der Waals surface area contributed by atoms with Gasteiger partial charge in [0.2, 0.25) is 0 Å². The Hall–Kier alpha value is -2.15. The molecule has 0 aliphatic carbocycles. The molecule has 0 aromatic heterocycles. The van der Waals surface area contributed by atoms with Gasteiger partial charge in [0.25, 0.3) is 0 Å². The van der Waals surface area contributed by atoms with E-state index in [4.69, 9.17) is 5.73 Å². The number of carbonyl (C=O) groups is 1. The van der Waals surface area contributed by atoms with Crippen molar-refractivity contribution >= 4 is 39.0 Å². The minimum Gasteiger partial charge on any atom is -0.465 e. The summed E-state index contributed by atoms with van der Waals surface area (Å²) in [5, 5.41) is 2.58. The highest BCUT2D eigenvalue weighted by atomic mass is 79.9. The molecule has 0 radical (unpaired) electrons. The van der Waals surface area contributed by atoms with Gasteiger partial charge in [-0.05, 0) is 30.3 Å². The van der Waals surface area contributed by atoms with Gasteiger partial charge in [0, 0.05) is 15.8 Å². The smallest absolute Gasteiger partial charge is 0.340 e. The van der Waals surface area contributed by atoms with Gasteiger partial charge in [-0.15, -0.1) is 0 Å². The molecule has 110 valence electrons. The van der Waals surface area contributed by atoms with E-state index in [0.29, 0.717) is 5.69 Å². The summed E-state index contributed by atoms with van der Waals surface area (Å²) >= 11 is 3.00. The number of esters is 1. The molecule has 0 heterocycles. The highest BCUT2D eigenvalue weighted by Gasteiger charge is 2.14. The lowest BCUT2D eigenvalue weighted by Crippen LogP contribution is -2.07. The first-order valence-corrected chi connectivity index (χ1v) is 6.61. The molecule has 0 unspecified atom stereocenters. The van der Waals surface area contributed by atoms with Gasteiger partial charge in [0.05, 0.1) is 12.7 Å². The summed E-state index contributed by atoms with van der Waals surface area (Å²) in [6, 6.07) is 6.57. The predicted molar refractivity (Wildman–Crippen MR) is 79.5 cm³/mol. The second-order valence-corrected chi connectivity index (χ2v) is 5.08. The second-order valence-electron chi connectivity index (χ2n) is 4.16. The molecule has 0 aliphatic rings. The van der Waals surface area contributed by atoms with Crippen LogP contribution in [0.25, 0.3) is 0 Å². The Labute approximate surface area is 128 Å². The molecule has 0 saturated carbocycles. The van der Waals surface area contributed by atoms with Crippen LogP contribution in [0.5, 0.6) is 0 Å². The molecule has 0 bridgehead atoms. The van der Waals surface area contributed by atoms with Crippen molar-refractivity contribution in [1.82, 2.24) is 0 Å². The number of hydrogen-bond donors (Lipinski definition) is 2. The highest BCUT2D eigenvalue weighted by molar-refractivity contribution is 9.10. The van der Waals surface area contributed by atoms with Crippen molar-refractivity contribution in [3.63, 3.8) is 0 Å². The Kier molecular flexibility index (Phi) is 4.42. The standard InChI is InChI=1S/C14H11BrF2N2O2/c1-21-14(20)9-6-8(2-3-12(9)18)19-13-10(16)4-7(15)5-11(13)17/h2-6,19H,18H2,1H3. The highest BCUT2D eigenvalue weighted by Crippen LogP contribution is 2.28. The van der Waals surface area contributed by atoms with Crippen LogP contribution in [0.4, 0.5) is 25.8 Å². The first-order valence-electron chi connectivity index (χ1n) is 5.81. The molecule has 2 aromatic rings. The summed E-state index contributed by atoms with van der Waals surface area (Å²) in [4.78, 5) is 11.5. The molecule has 0 saturated heterocycles. The van der Waals surface area contributed by atoms with Gasteiger partial charge in [0.15, 0.2) is 11.6 Å². The number of benzene rings is 2. The number of nitrogens with one attached hydrogen (secondary N) is 1. The number of ether oxygens (including phenoxy) is 1. The number of hydrogen-bond acceptors (Lipinski definition) is 4. The molecular formula is C14H11BrF2N2O2. The van der Waals surface area contributed by atoms with Gasteiger partial charge in [-0.3, -0.25) is 0 Å². The van der Waals surface area contributed by atoms with E-state index in [1.54, 1.807) is 0 Å². The van der Waals surface area contributed by atoms with E-state index in [1.165, 1.54) is 25.3 Å². The molecule has 0 fully saturated rings. The van der Waals surface area contributed by atoms with Crippen molar-refractivity contribution in [1.29, 1.82) is 0 Å². The SMILES string of the molecule is COC(=O)c1cc(Nc2c(F)cc(Br)cc2F)ccc1N. The molecule has 7 heteroatoms. The molecule has 3 N–H and O–H groups in total. The number of carbonyl (C=O) groups excluding carboxylic acids is 1. The third kappa shape index (κ3) is 3.30. The fourth-order valence-corrected chi connectivity index (χ4v) is 2.13. The van der Waals surface area contributed by atoms with Gasteiger partial charge < -0.3 is 15.8 Å². The fraction of sp³-hybridized carbons (Fsp3) is 0.0714. The van der Waals surface area contributed by atoms with E-state index in [0.717, 1.165) is 12.1 Å². The van der Waals surface area contributed by atoms with Crippen molar-refractivity contribution in [3.05, 3.63) is 52.0 Å². The number of methoxy groups -OCH3 is 1. The average molecular weight is 357 g/mol. The van der Waals surface area contributed by atoms with Crippen LogP contribution in [0.2, 0.25) is 0 Å². The van der Waals surface area contributed by atoms with E-state index in [9.17, 15) is 13.6 Å². The zero-order valence-corrected chi connectivity index (χ0v) is 12.5. The Morgan fingerprint density at radius 3 is 2.43 bits per heavy atom. The van der Waals surface area contributed by atoms with Crippen molar-refractivity contribution in [3.8, 4) is 0 Å². The Balaban J connectivity index is 2.39. The molecule has 21 heavy (non-hydrogen) atoms. The first-order chi connectivity index (χ1) is 9.92. The molecule has 2 aromatic carbocycles. The summed E-state index contributed by atoms with van der Waals surface area (Å²) in [6.45, 7) is 0. The number of anilines is 3. The van der Waals surface area contributed by atoms with E-state index < -0.39 is 17.6 Å². The summed E-state index contributed by atoms with van der Waals surface area (Å²) in [5.41, 5.74) is 5.97. The molecule has 2 rings (SSSR count). The quantitative estimate of drug-likeness (QED) is 0.647. The fourth-order valence-electron chi connectivity index (χ4n) is 1.73. The number of nitrogen functional groups attached to an aromatic ring is 1. The van der Waals surface area contributed by atoms with Crippen LogP contribution in [-0.4, -0.2) is 13.1 Å². The minimum atomic E-state index is -0.765. The maximum Gasteiger partial charge on any atom is 0.340 e. The Morgan fingerprint density at radius 1 is 1.24 bits per heavy atom. The van der Waals surface area contributed by atoms with E-state index in [2.05, 4.69) is 26.0 Å². The Bertz CT molecular complexity index is 684. The topological polar surface area (TPSA) is 64.3 Å². The molecule has 0 atom stereocenters. The summed E-state index contributed by atoms with van der Waals surface area (Å²) in [6.07, 6.45) is 0. The predicted octanol–water partition coefficient (Wildman–Crippen LogP) is 3.84. The molecule has 0 amide bonds. The van der Waals surface area contributed by atoms with Gasteiger partial charge in [-0.25, -0.2) is 13.6 Å². The summed E-state index contributed by atoms with van der Waals surface area (Å²) in [5.74, 6) is -2.16. The van der Waals surface area contributed by atoms with Crippen LogP contribution in [-0.2, 0) is 4.74 Å². The zero-order chi connectivity index (χ0) is 15.6. The molecular weight excluding hydrogens is 346 g/mol. The van der Waals surface area contributed by atoms with Crippen molar-refractivity contribution < 1.29 is 18.3 Å². The van der Waals surface area contributed by atoms with E-state index in [1.807, 2.05) is 0 Å².